The first-order valence-electron chi connectivity index (χ1n) is 14.0. The van der Waals surface area contributed by atoms with Crippen LogP contribution in [0.3, 0.4) is 0 Å². The van der Waals surface area contributed by atoms with Crippen LogP contribution in [0.15, 0.2) is 164 Å². The van der Waals surface area contributed by atoms with Gasteiger partial charge in [0.05, 0.1) is 0 Å². The van der Waals surface area contributed by atoms with E-state index in [4.69, 9.17) is 0 Å². The Kier molecular flexibility index (Phi) is 8.93. The van der Waals surface area contributed by atoms with E-state index in [1.807, 2.05) is 0 Å². The van der Waals surface area contributed by atoms with Crippen molar-refractivity contribution in [1.29, 1.82) is 0 Å². The fraction of sp³-hybridized carbons (Fsp3) is 0.0769. The SMILES string of the molecule is C/C(=C/N(/C=C(\C)c1ccccc1)c1ccc(N(/C=C(\C)c2ccccc2)c2ccccc2)cc1)c1ccccc1. The summed E-state index contributed by atoms with van der Waals surface area (Å²) in [6.07, 6.45) is 6.65. The zero-order valence-corrected chi connectivity index (χ0v) is 24.0. The quantitative estimate of drug-likeness (QED) is 0.186. The number of rotatable bonds is 9. The predicted octanol–water partition coefficient (Wildman–Crippen LogP) is 10.8. The maximum Gasteiger partial charge on any atom is 0.0457 e. The summed E-state index contributed by atoms with van der Waals surface area (Å²) in [7, 11) is 0. The van der Waals surface area contributed by atoms with Crippen molar-refractivity contribution in [3.05, 3.63) is 181 Å². The van der Waals surface area contributed by atoms with E-state index in [-0.39, 0.29) is 0 Å². The van der Waals surface area contributed by atoms with Crippen molar-refractivity contribution in [2.24, 2.45) is 0 Å². The Morgan fingerprint density at radius 3 is 1.10 bits per heavy atom. The highest BCUT2D eigenvalue weighted by Crippen LogP contribution is 2.31. The van der Waals surface area contributed by atoms with Gasteiger partial charge in [-0.2, -0.15) is 0 Å². The van der Waals surface area contributed by atoms with Crippen molar-refractivity contribution in [3.63, 3.8) is 0 Å². The topological polar surface area (TPSA) is 6.48 Å². The largest absolute Gasteiger partial charge is 0.323 e. The summed E-state index contributed by atoms with van der Waals surface area (Å²) in [6.45, 7) is 6.49. The van der Waals surface area contributed by atoms with Crippen LogP contribution in [0.4, 0.5) is 17.1 Å². The van der Waals surface area contributed by atoms with Crippen molar-refractivity contribution in [2.75, 3.05) is 9.80 Å². The van der Waals surface area contributed by atoms with Gasteiger partial charge in [0.1, 0.15) is 0 Å². The molecule has 202 valence electrons. The Labute approximate surface area is 244 Å². The molecule has 0 atom stereocenters. The maximum atomic E-state index is 2.26. The molecule has 5 aromatic rings. The molecular formula is C39H36N2. The smallest absolute Gasteiger partial charge is 0.0457 e. The lowest BCUT2D eigenvalue weighted by atomic mass is 10.1. The molecule has 0 bridgehead atoms. The van der Waals surface area contributed by atoms with Crippen molar-refractivity contribution >= 4 is 33.8 Å². The van der Waals surface area contributed by atoms with Gasteiger partial charge in [0, 0.05) is 35.7 Å². The minimum atomic E-state index is 1.09. The van der Waals surface area contributed by atoms with Gasteiger partial charge in [-0.3, -0.25) is 0 Å². The van der Waals surface area contributed by atoms with Gasteiger partial charge in [-0.1, -0.05) is 109 Å². The van der Waals surface area contributed by atoms with Crippen molar-refractivity contribution in [3.8, 4) is 0 Å². The molecular weight excluding hydrogens is 496 g/mol. The summed E-state index contributed by atoms with van der Waals surface area (Å²) in [5.41, 5.74) is 10.5. The lowest BCUT2D eigenvalue weighted by Gasteiger charge is -2.24. The second-order valence-corrected chi connectivity index (χ2v) is 10.2. The van der Waals surface area contributed by atoms with Crippen LogP contribution in [0.5, 0.6) is 0 Å². The lowest BCUT2D eigenvalue weighted by molar-refractivity contribution is 1.25. The van der Waals surface area contributed by atoms with Gasteiger partial charge >= 0.3 is 0 Å². The van der Waals surface area contributed by atoms with Crippen LogP contribution in [0.1, 0.15) is 37.5 Å². The molecule has 5 aromatic carbocycles. The van der Waals surface area contributed by atoms with Gasteiger partial charge in [-0.25, -0.2) is 0 Å². The number of para-hydroxylation sites is 1. The summed E-state index contributed by atoms with van der Waals surface area (Å²) in [4.78, 5) is 4.49. The maximum absolute atomic E-state index is 2.26. The average Bonchev–Trinajstić information content (AvgIpc) is 3.05. The lowest BCUT2D eigenvalue weighted by Crippen LogP contribution is -2.11. The molecule has 0 heterocycles. The molecule has 0 unspecified atom stereocenters. The first kappa shape index (κ1) is 27.5. The molecule has 0 aromatic heterocycles. The number of allylic oxidation sites excluding steroid dienone is 3. The van der Waals surface area contributed by atoms with Crippen LogP contribution in [0.25, 0.3) is 16.7 Å². The van der Waals surface area contributed by atoms with Crippen LogP contribution >= 0.6 is 0 Å². The van der Waals surface area contributed by atoms with Crippen LogP contribution < -0.4 is 9.80 Å². The van der Waals surface area contributed by atoms with Crippen molar-refractivity contribution < 1.29 is 0 Å². The number of nitrogens with zero attached hydrogens (tertiary/aromatic N) is 2. The van der Waals surface area contributed by atoms with E-state index in [9.17, 15) is 0 Å². The summed E-state index contributed by atoms with van der Waals surface area (Å²) < 4.78 is 0. The first-order chi connectivity index (χ1) is 20.1. The molecule has 0 N–H and O–H groups in total. The molecule has 0 saturated carbocycles. The highest BCUT2D eigenvalue weighted by molar-refractivity contribution is 5.77. The molecule has 2 nitrogen and oxygen atoms in total. The fourth-order valence-electron chi connectivity index (χ4n) is 4.80. The average molecular weight is 533 g/mol. The Morgan fingerprint density at radius 1 is 0.366 bits per heavy atom. The number of benzene rings is 5. The van der Waals surface area contributed by atoms with E-state index in [0.717, 1.165) is 17.1 Å². The third kappa shape index (κ3) is 7.12. The molecule has 2 heteroatoms. The van der Waals surface area contributed by atoms with E-state index < -0.39 is 0 Å². The van der Waals surface area contributed by atoms with Gasteiger partial charge in [-0.05, 0) is 90.6 Å². The third-order valence-electron chi connectivity index (χ3n) is 7.14. The van der Waals surface area contributed by atoms with E-state index in [2.05, 4.69) is 195 Å². The first-order valence-corrected chi connectivity index (χ1v) is 14.0. The zero-order chi connectivity index (χ0) is 28.4. The van der Waals surface area contributed by atoms with Crippen LogP contribution in [-0.4, -0.2) is 0 Å². The number of hydrogen-bond donors (Lipinski definition) is 0. The molecule has 5 rings (SSSR count). The Morgan fingerprint density at radius 2 is 0.683 bits per heavy atom. The van der Waals surface area contributed by atoms with Gasteiger partial charge in [0.25, 0.3) is 0 Å². The zero-order valence-electron chi connectivity index (χ0n) is 24.0. The molecule has 41 heavy (non-hydrogen) atoms. The summed E-state index contributed by atoms with van der Waals surface area (Å²) in [6, 6.07) is 50.9. The normalized spacial score (nSPS) is 12.2. The molecule has 0 fully saturated rings. The fourth-order valence-corrected chi connectivity index (χ4v) is 4.80. The Bertz CT molecular complexity index is 1560. The van der Waals surface area contributed by atoms with E-state index in [1.54, 1.807) is 0 Å². The molecule has 0 radical (unpaired) electrons. The highest BCUT2D eigenvalue weighted by Gasteiger charge is 2.11. The van der Waals surface area contributed by atoms with Crippen molar-refractivity contribution in [2.45, 2.75) is 20.8 Å². The van der Waals surface area contributed by atoms with Gasteiger partial charge < -0.3 is 9.80 Å². The number of hydrogen-bond acceptors (Lipinski definition) is 2. The second-order valence-electron chi connectivity index (χ2n) is 10.2. The molecule has 0 amide bonds. The predicted molar refractivity (Wildman–Crippen MR) is 178 cm³/mol. The van der Waals surface area contributed by atoms with Gasteiger partial charge in [-0.15, -0.1) is 0 Å². The minimum Gasteiger partial charge on any atom is -0.323 e. The summed E-state index contributed by atoms with van der Waals surface area (Å²) >= 11 is 0. The van der Waals surface area contributed by atoms with Crippen molar-refractivity contribution in [1.82, 2.24) is 0 Å². The van der Waals surface area contributed by atoms with E-state index >= 15 is 0 Å². The molecule has 0 saturated heterocycles. The van der Waals surface area contributed by atoms with Crippen LogP contribution in [0, 0.1) is 0 Å². The van der Waals surface area contributed by atoms with Gasteiger partial charge in [0.2, 0.25) is 0 Å². The van der Waals surface area contributed by atoms with Crippen LogP contribution in [-0.2, 0) is 0 Å². The monoisotopic (exact) mass is 532 g/mol. The highest BCUT2D eigenvalue weighted by atomic mass is 15.1. The molecule has 0 aliphatic heterocycles. The summed E-state index contributed by atoms with van der Waals surface area (Å²) in [5.74, 6) is 0. The second kappa shape index (κ2) is 13.3. The minimum absolute atomic E-state index is 1.09. The Hall–Kier alpha value is -5.08. The molecule has 0 aliphatic rings. The number of anilines is 3. The summed E-state index contributed by atoms with van der Waals surface area (Å²) in [5, 5.41) is 0. The third-order valence-corrected chi connectivity index (χ3v) is 7.14. The standard InChI is InChI=1S/C39H36N2/c1-31(34-16-8-4-9-17-34)28-40(29-32(2)35-18-10-5-11-19-35)37-24-26-39(27-25-37)41(38-22-14-7-15-23-38)30-33(3)36-20-12-6-13-21-36/h4-30H,1-3H3/b31-28-,32-29+,33-30+. The molecule has 0 aliphatic carbocycles. The van der Waals surface area contributed by atoms with E-state index in [0.29, 0.717) is 0 Å². The van der Waals surface area contributed by atoms with Gasteiger partial charge in [0.15, 0.2) is 0 Å². The Balaban J connectivity index is 1.53. The van der Waals surface area contributed by atoms with E-state index in [1.165, 1.54) is 33.4 Å². The van der Waals surface area contributed by atoms with Crippen LogP contribution in [0.2, 0.25) is 0 Å². The molecule has 0 spiro atoms.